The van der Waals surface area contributed by atoms with Gasteiger partial charge in [-0.2, -0.15) is 36.5 Å². The van der Waals surface area contributed by atoms with E-state index >= 15 is 0 Å². The lowest BCUT2D eigenvalue weighted by atomic mass is 10.1. The van der Waals surface area contributed by atoms with Crippen LogP contribution in [0.25, 0.3) is 0 Å². The minimum Gasteiger partial charge on any atom is -0.478 e. The maximum Gasteiger partial charge on any atom is 0.397 e. The molecule has 0 aliphatic carbocycles. The zero-order valence-electron chi connectivity index (χ0n) is 37.3. The SMILES string of the molecule is CNCCOOSc1cccc(N=Nc2c(N)c(N=Nc3ccc(C(=O)NCCS(=O)(=O)CCOS(=O)(=O)O)cc3)c(N)c(N=Nc3ccc(C(=O)NCCS(=O)(=O)CCOS(=O)(=O)O)cc3)c2C(=O)O)c1. The van der Waals surface area contributed by atoms with Gasteiger partial charge in [-0.25, -0.2) is 34.9 Å². The van der Waals surface area contributed by atoms with E-state index in [9.17, 15) is 53.2 Å². The molecule has 0 aliphatic rings. The number of rotatable bonds is 29. The van der Waals surface area contributed by atoms with Gasteiger partial charge < -0.3 is 32.5 Å². The number of hydrogen-bond acceptors (Lipinski definition) is 25. The Morgan fingerprint density at radius 3 is 1.46 bits per heavy atom. The number of carboxylic acids is 1. The van der Waals surface area contributed by atoms with Crippen LogP contribution in [-0.2, 0) is 58.1 Å². The molecule has 0 saturated heterocycles. The molecular weight excluding hydrogens is 1060 g/mol. The number of benzene rings is 4. The van der Waals surface area contributed by atoms with Crippen LogP contribution in [0.4, 0.5) is 45.5 Å². The van der Waals surface area contributed by atoms with E-state index in [0.717, 1.165) is 12.0 Å². The Bertz CT molecular complexity index is 3130. The lowest BCUT2D eigenvalue weighted by molar-refractivity contribution is -0.188. The summed E-state index contributed by atoms with van der Waals surface area (Å²) in [6.07, 6.45) is 0. The minimum absolute atomic E-state index is 0.0453. The molecule has 390 valence electrons. The van der Waals surface area contributed by atoms with E-state index in [1.54, 1.807) is 31.3 Å². The van der Waals surface area contributed by atoms with Crippen molar-refractivity contribution in [3.05, 3.63) is 89.5 Å². The van der Waals surface area contributed by atoms with Gasteiger partial charge in [0.05, 0.1) is 83.3 Å². The second kappa shape index (κ2) is 26.8. The van der Waals surface area contributed by atoms with E-state index < -0.39 is 123 Å². The largest absolute Gasteiger partial charge is 0.478 e. The number of nitrogens with one attached hydrogen (secondary N) is 3. The summed E-state index contributed by atoms with van der Waals surface area (Å²) < 4.78 is 122. The summed E-state index contributed by atoms with van der Waals surface area (Å²) in [7, 11) is -15.7. The Hall–Kier alpha value is -6.44. The van der Waals surface area contributed by atoms with Gasteiger partial charge in [0.15, 0.2) is 19.7 Å². The number of amides is 2. The average molecular weight is 1100 g/mol. The first-order valence-electron chi connectivity index (χ1n) is 20.2. The number of carbonyl (C=O) groups excluding carboxylic acids is 2. The van der Waals surface area contributed by atoms with Crippen molar-refractivity contribution in [1.82, 2.24) is 16.0 Å². The highest BCUT2D eigenvalue weighted by Gasteiger charge is 2.27. The molecule has 72 heavy (non-hydrogen) atoms. The summed E-state index contributed by atoms with van der Waals surface area (Å²) in [4.78, 5) is 44.0. The Kier molecular flexibility index (Phi) is 21.7. The summed E-state index contributed by atoms with van der Waals surface area (Å²) in [6.45, 7) is -1.59. The fourth-order valence-corrected chi connectivity index (χ4v) is 8.58. The van der Waals surface area contributed by atoms with Gasteiger partial charge in [0.2, 0.25) is 0 Å². The van der Waals surface area contributed by atoms with Crippen LogP contribution in [0, 0.1) is 0 Å². The minimum atomic E-state index is -4.84. The summed E-state index contributed by atoms with van der Waals surface area (Å²) in [5, 5.41) is 42.9. The maximum absolute atomic E-state index is 12.9. The molecule has 0 aliphatic heterocycles. The molecule has 0 bridgehead atoms. The Balaban J connectivity index is 1.61. The topological polar surface area (TPSA) is 448 Å². The van der Waals surface area contributed by atoms with Crippen LogP contribution in [-0.4, -0.2) is 135 Å². The lowest BCUT2D eigenvalue weighted by Gasteiger charge is -2.13. The predicted molar refractivity (Wildman–Crippen MR) is 258 cm³/mol. The molecule has 4 aromatic rings. The van der Waals surface area contributed by atoms with Crippen LogP contribution >= 0.6 is 12.0 Å². The van der Waals surface area contributed by atoms with Crippen LogP contribution in [0.1, 0.15) is 31.1 Å². The zero-order chi connectivity index (χ0) is 53.1. The van der Waals surface area contributed by atoms with Gasteiger partial charge in [0, 0.05) is 35.7 Å². The fraction of sp³-hybridized carbons (Fsp3) is 0.289. The van der Waals surface area contributed by atoms with E-state index in [4.69, 9.17) is 29.8 Å². The van der Waals surface area contributed by atoms with Crippen LogP contribution in [0.5, 0.6) is 0 Å². The van der Waals surface area contributed by atoms with E-state index in [2.05, 4.69) is 55.0 Å². The molecule has 0 heterocycles. The van der Waals surface area contributed by atoms with Crippen LogP contribution in [0.2, 0.25) is 0 Å². The summed E-state index contributed by atoms with van der Waals surface area (Å²) in [5.41, 5.74) is 10.6. The third-order valence-electron chi connectivity index (χ3n) is 8.85. The van der Waals surface area contributed by atoms with Crippen molar-refractivity contribution in [2.24, 2.45) is 30.7 Å². The molecule has 4 aromatic carbocycles. The van der Waals surface area contributed by atoms with E-state index in [0.29, 0.717) is 11.4 Å². The first-order valence-corrected chi connectivity index (χ1v) is 27.3. The number of nitrogens with two attached hydrogens (primary N) is 2. The standard InChI is InChI=1S/C38H45N11O18S5/c1-41-13-16-64-67-68-29-4-2-3-28(23-29)46-48-34-30(38(52)53)33(47-44-26-9-5-24(6-10-26)36(50)42-14-19-69(54,55)21-17-65-71(58,59)60)31(39)35(32(34)40)49-45-27-11-7-25(8-12-27)37(51)43-15-20-70(56,57)22-18-66-72(61,62)63/h2-12,23,41H,13-22,39-40H2,1H3,(H,42,50)(H,43,51)(H,52,53)(H,58,59,60)(H,61,62,63). The number of azo groups is 3. The highest BCUT2D eigenvalue weighted by Crippen LogP contribution is 2.49. The maximum atomic E-state index is 12.9. The molecule has 0 fully saturated rings. The number of likely N-dealkylation sites (N-methyl/N-ethyl adjacent to an activating group) is 1. The number of sulfone groups is 2. The summed E-state index contributed by atoms with van der Waals surface area (Å²) in [5.74, 6) is -5.66. The Labute approximate surface area is 415 Å². The predicted octanol–water partition coefficient (Wildman–Crippen LogP) is 3.90. The molecule has 34 heteroatoms. The van der Waals surface area contributed by atoms with Crippen molar-refractivity contribution in [3.8, 4) is 0 Å². The zero-order valence-corrected chi connectivity index (χ0v) is 41.4. The van der Waals surface area contributed by atoms with Crippen molar-refractivity contribution in [2.75, 3.05) is 81.0 Å². The molecule has 0 unspecified atom stereocenters. The van der Waals surface area contributed by atoms with Gasteiger partial charge in [0.1, 0.15) is 22.6 Å². The second-order valence-electron chi connectivity index (χ2n) is 14.1. The monoisotopic (exact) mass is 1100 g/mol. The number of carboxylic acid groups (broad SMARTS) is 1. The van der Waals surface area contributed by atoms with Crippen molar-refractivity contribution in [2.45, 2.75) is 4.90 Å². The molecule has 4 rings (SSSR count). The molecule has 0 spiro atoms. The number of nitrogen functional groups attached to an aromatic ring is 2. The van der Waals surface area contributed by atoms with Gasteiger partial charge in [-0.15, -0.1) is 15.3 Å². The van der Waals surface area contributed by atoms with Crippen molar-refractivity contribution in [1.29, 1.82) is 0 Å². The molecule has 0 saturated carbocycles. The number of anilines is 2. The molecular formula is C38H45N11O18S5. The van der Waals surface area contributed by atoms with Gasteiger partial charge in [-0.05, 0) is 73.8 Å². The molecule has 0 radical (unpaired) electrons. The first kappa shape index (κ1) is 58.1. The van der Waals surface area contributed by atoms with Crippen LogP contribution in [0.3, 0.4) is 0 Å². The summed E-state index contributed by atoms with van der Waals surface area (Å²) >= 11 is 0.871. The lowest BCUT2D eigenvalue weighted by Crippen LogP contribution is -2.30. The Morgan fingerprint density at radius 1 is 0.583 bits per heavy atom. The van der Waals surface area contributed by atoms with Crippen molar-refractivity contribution < 1.29 is 79.9 Å². The highest BCUT2D eigenvalue weighted by molar-refractivity contribution is 7.94. The first-order chi connectivity index (χ1) is 33.9. The molecule has 10 N–H and O–H groups in total. The number of carbonyl (C=O) groups is 3. The third kappa shape index (κ3) is 20.0. The fourth-order valence-electron chi connectivity index (χ4n) is 5.37. The number of aromatic carboxylic acids is 1. The molecule has 0 atom stereocenters. The molecule has 0 aromatic heterocycles. The van der Waals surface area contributed by atoms with Crippen LogP contribution < -0.4 is 27.4 Å². The average Bonchev–Trinajstić information content (AvgIpc) is 3.30. The van der Waals surface area contributed by atoms with Crippen molar-refractivity contribution >= 4 is 116 Å². The Morgan fingerprint density at radius 2 is 1.03 bits per heavy atom. The highest BCUT2D eigenvalue weighted by atomic mass is 32.3. The van der Waals surface area contributed by atoms with Crippen LogP contribution in [0.15, 0.2) is 108 Å². The molecule has 29 nitrogen and oxygen atoms in total. The quantitative estimate of drug-likeness (QED) is 0.00727. The van der Waals surface area contributed by atoms with E-state index in [1.165, 1.54) is 48.5 Å². The smallest absolute Gasteiger partial charge is 0.397 e. The van der Waals surface area contributed by atoms with Gasteiger partial charge in [-0.3, -0.25) is 18.7 Å². The number of hydrogen-bond donors (Lipinski definition) is 8. The van der Waals surface area contributed by atoms with Gasteiger partial charge in [0.25, 0.3) is 11.8 Å². The normalized spacial score (nSPS) is 12.5. The number of nitrogens with zero attached hydrogens (tertiary/aromatic N) is 6. The van der Waals surface area contributed by atoms with E-state index in [1.807, 2.05) is 0 Å². The second-order valence-corrected chi connectivity index (χ2v) is 21.7. The van der Waals surface area contributed by atoms with Crippen molar-refractivity contribution in [3.63, 3.8) is 0 Å². The van der Waals surface area contributed by atoms with Gasteiger partial charge in [-0.1, -0.05) is 6.07 Å². The summed E-state index contributed by atoms with van der Waals surface area (Å²) in [6, 6.07) is 16.9. The van der Waals surface area contributed by atoms with Gasteiger partial charge >= 0.3 is 26.8 Å². The molecule has 2 amide bonds. The van der Waals surface area contributed by atoms with E-state index in [-0.39, 0.29) is 53.6 Å². The third-order valence-corrected chi connectivity index (χ3v) is 13.6.